The number of aliphatic imine (C=N–C) groups is 1. The van der Waals surface area contributed by atoms with E-state index >= 15 is 0 Å². The van der Waals surface area contributed by atoms with Crippen molar-refractivity contribution in [3.63, 3.8) is 0 Å². The van der Waals surface area contributed by atoms with Crippen molar-refractivity contribution in [1.29, 1.82) is 0 Å². The summed E-state index contributed by atoms with van der Waals surface area (Å²) < 4.78 is 210. The van der Waals surface area contributed by atoms with E-state index in [9.17, 15) is 70.7 Å². The van der Waals surface area contributed by atoms with Gasteiger partial charge in [0.15, 0.2) is 5.90 Å². The van der Waals surface area contributed by atoms with Crippen LogP contribution in [0.3, 0.4) is 0 Å². The average Bonchev–Trinajstić information content (AvgIpc) is 3.24. The summed E-state index contributed by atoms with van der Waals surface area (Å²) in [6.45, 7) is 1.99. The van der Waals surface area contributed by atoms with E-state index in [1.54, 1.807) is 0 Å². The predicted molar refractivity (Wildman–Crippen MR) is 111 cm³/mol. The van der Waals surface area contributed by atoms with Crippen LogP contribution in [-0.2, 0) is 14.3 Å². The van der Waals surface area contributed by atoms with Crippen LogP contribution in [0.5, 0.6) is 0 Å². The second kappa shape index (κ2) is 12.2. The van der Waals surface area contributed by atoms with Crippen LogP contribution < -0.4 is 0 Å². The first-order valence-corrected chi connectivity index (χ1v) is 12.1. The van der Waals surface area contributed by atoms with Gasteiger partial charge in [0.2, 0.25) is 5.54 Å². The molecule has 19 heteroatoms. The maximum absolute atomic E-state index is 14.9. The Kier molecular flexibility index (Phi) is 11.0. The Morgan fingerprint density at radius 2 is 1.22 bits per heavy atom. The number of rotatable bonds is 16. The van der Waals surface area contributed by atoms with E-state index in [4.69, 9.17) is 4.74 Å². The molecule has 0 aromatic rings. The molecule has 0 bridgehead atoms. The molecule has 0 aromatic carbocycles. The Hall–Kier alpha value is -2.11. The summed E-state index contributed by atoms with van der Waals surface area (Å²) >= 11 is 0. The number of carbonyl (C=O) groups is 1. The van der Waals surface area contributed by atoms with Crippen molar-refractivity contribution in [3.8, 4) is 0 Å². The van der Waals surface area contributed by atoms with E-state index in [0.29, 0.717) is 12.8 Å². The van der Waals surface area contributed by atoms with E-state index in [2.05, 4.69) is 9.73 Å². The normalized spacial score (nSPS) is 19.7. The van der Waals surface area contributed by atoms with Crippen LogP contribution in [0.25, 0.3) is 0 Å². The van der Waals surface area contributed by atoms with Gasteiger partial charge < -0.3 is 9.47 Å². The lowest BCUT2D eigenvalue weighted by Crippen LogP contribution is -2.71. The predicted octanol–water partition coefficient (Wildman–Crippen LogP) is 8.58. The van der Waals surface area contributed by atoms with Gasteiger partial charge in [0, 0.05) is 6.42 Å². The maximum atomic E-state index is 14.9. The Morgan fingerprint density at radius 1 is 0.732 bits per heavy atom. The van der Waals surface area contributed by atoms with Gasteiger partial charge in [-0.2, -0.15) is 65.9 Å². The van der Waals surface area contributed by atoms with Crippen molar-refractivity contribution in [2.24, 2.45) is 4.99 Å². The lowest BCUT2D eigenvalue weighted by atomic mass is 9.93. The van der Waals surface area contributed by atoms with E-state index in [1.165, 1.54) is 6.92 Å². The van der Waals surface area contributed by atoms with Crippen LogP contribution in [-0.4, -0.2) is 65.9 Å². The molecule has 0 amide bonds. The van der Waals surface area contributed by atoms with Gasteiger partial charge in [0.1, 0.15) is 6.61 Å². The topological polar surface area (TPSA) is 47.9 Å². The number of hydrogen-bond donors (Lipinski definition) is 0. The third kappa shape index (κ3) is 6.62. The first kappa shape index (κ1) is 36.9. The van der Waals surface area contributed by atoms with Gasteiger partial charge in [0.25, 0.3) is 0 Å². The molecule has 0 spiro atoms. The minimum absolute atomic E-state index is 0.0788. The smallest absolute Gasteiger partial charge is 0.460 e. The number of carbonyl (C=O) groups excluding carboxylic acids is 1. The minimum Gasteiger partial charge on any atom is -0.478 e. The molecule has 1 unspecified atom stereocenters. The molecule has 0 aliphatic carbocycles. The van der Waals surface area contributed by atoms with Gasteiger partial charge >= 0.3 is 47.9 Å². The van der Waals surface area contributed by atoms with Crippen LogP contribution in [0, 0.1) is 0 Å². The third-order valence-electron chi connectivity index (χ3n) is 6.18. The van der Waals surface area contributed by atoms with Crippen molar-refractivity contribution in [2.45, 2.75) is 119 Å². The summed E-state index contributed by atoms with van der Waals surface area (Å²) in [5, 5.41) is 0. The number of halogens is 15. The number of ether oxygens (including phenoxy) is 2. The number of unbranched alkanes of at least 4 members (excludes halogenated alkanes) is 5. The Labute approximate surface area is 223 Å². The molecule has 0 radical (unpaired) electrons. The quantitative estimate of drug-likeness (QED) is 0.0968. The van der Waals surface area contributed by atoms with Crippen LogP contribution in [0.2, 0.25) is 0 Å². The van der Waals surface area contributed by atoms with E-state index in [1.807, 2.05) is 6.92 Å². The van der Waals surface area contributed by atoms with Crippen molar-refractivity contribution in [3.05, 3.63) is 0 Å². The molecule has 1 atom stereocenters. The molecule has 0 fully saturated rings. The summed E-state index contributed by atoms with van der Waals surface area (Å²) in [6.07, 6.45) is -9.85. The van der Waals surface area contributed by atoms with E-state index < -0.39 is 66.4 Å². The monoisotopic (exact) mass is 637 g/mol. The van der Waals surface area contributed by atoms with E-state index in [0.717, 1.165) is 25.7 Å². The second-order valence-corrected chi connectivity index (χ2v) is 9.37. The first-order valence-electron chi connectivity index (χ1n) is 12.1. The van der Waals surface area contributed by atoms with Gasteiger partial charge in [-0.1, -0.05) is 52.4 Å². The summed E-state index contributed by atoms with van der Waals surface area (Å²) in [5.74, 6) is -45.0. The van der Waals surface area contributed by atoms with Crippen LogP contribution in [0.15, 0.2) is 4.99 Å². The highest BCUT2D eigenvalue weighted by atomic mass is 19.4. The fourth-order valence-electron chi connectivity index (χ4n) is 3.70. The molecular formula is C22H26F15NO3. The molecule has 0 aromatic heterocycles. The standard InChI is InChI=1S/C22H26F15NO3/c1-3-5-6-7-8-9-10-13-38-15(11-4-2,12-40-13)22(36,37)41-14(39)16(23,24)17(25,26)18(27,28)19(29,30)20(31,32)21(33,34)35/h3-12H2,1-2H3. The molecule has 1 aliphatic rings. The van der Waals surface area contributed by atoms with Crippen molar-refractivity contribution >= 4 is 11.9 Å². The van der Waals surface area contributed by atoms with Crippen molar-refractivity contribution < 1.29 is 80.1 Å². The molecule has 41 heavy (non-hydrogen) atoms. The zero-order valence-corrected chi connectivity index (χ0v) is 21.4. The zero-order chi connectivity index (χ0) is 32.3. The fourth-order valence-corrected chi connectivity index (χ4v) is 3.70. The minimum atomic E-state index is -8.34. The van der Waals surface area contributed by atoms with Crippen LogP contribution >= 0.6 is 0 Å². The highest BCUT2D eigenvalue weighted by Gasteiger charge is 2.92. The van der Waals surface area contributed by atoms with Gasteiger partial charge in [-0.3, -0.25) is 0 Å². The lowest BCUT2D eigenvalue weighted by Gasteiger charge is -2.39. The van der Waals surface area contributed by atoms with Gasteiger partial charge in [-0.05, 0) is 12.8 Å². The molecule has 0 saturated carbocycles. The average molecular weight is 637 g/mol. The molecule has 4 nitrogen and oxygen atoms in total. The molecule has 1 heterocycles. The number of nitrogens with zero attached hydrogens (tertiary/aromatic N) is 1. The first-order chi connectivity index (χ1) is 18.3. The molecule has 0 saturated heterocycles. The summed E-state index contributed by atoms with van der Waals surface area (Å²) in [5.41, 5.74) is -3.07. The van der Waals surface area contributed by atoms with Gasteiger partial charge in [0.05, 0.1) is 0 Å². The third-order valence-corrected chi connectivity index (χ3v) is 6.18. The molecular weight excluding hydrogens is 611 g/mol. The Bertz CT molecular complexity index is 934. The van der Waals surface area contributed by atoms with E-state index in [-0.39, 0.29) is 18.7 Å². The zero-order valence-electron chi connectivity index (χ0n) is 21.4. The van der Waals surface area contributed by atoms with Gasteiger partial charge in [-0.15, -0.1) is 0 Å². The summed E-state index contributed by atoms with van der Waals surface area (Å²) in [4.78, 5) is 15.1. The highest BCUT2D eigenvalue weighted by Crippen LogP contribution is 2.60. The van der Waals surface area contributed by atoms with Crippen LogP contribution in [0.1, 0.15) is 71.6 Å². The maximum Gasteiger partial charge on any atom is 0.460 e. The SMILES string of the molecule is CCCCCCCCC1=NC(CCC)(C(F)(F)OC(=O)C(F)(F)C(F)(F)C(F)(F)C(F)(F)C(F)(F)C(F)(F)F)CO1. The highest BCUT2D eigenvalue weighted by molar-refractivity contribution is 5.80. The number of esters is 1. The summed E-state index contributed by atoms with van der Waals surface area (Å²) in [7, 11) is 0. The largest absolute Gasteiger partial charge is 0.478 e. The molecule has 1 aliphatic heterocycles. The molecule has 242 valence electrons. The van der Waals surface area contributed by atoms with Gasteiger partial charge in [-0.25, -0.2) is 9.79 Å². The molecule has 1 rings (SSSR count). The number of alkyl halides is 15. The van der Waals surface area contributed by atoms with Crippen molar-refractivity contribution in [1.82, 2.24) is 0 Å². The summed E-state index contributed by atoms with van der Waals surface area (Å²) in [6, 6.07) is 0. The van der Waals surface area contributed by atoms with Crippen LogP contribution in [0.4, 0.5) is 65.9 Å². The number of hydrogen-bond acceptors (Lipinski definition) is 4. The Morgan fingerprint density at radius 3 is 1.71 bits per heavy atom. The second-order valence-electron chi connectivity index (χ2n) is 9.37. The molecule has 0 N–H and O–H groups in total. The Balaban J connectivity index is 3.28. The fraction of sp³-hybridized carbons (Fsp3) is 0.909. The van der Waals surface area contributed by atoms with Crippen molar-refractivity contribution in [2.75, 3.05) is 6.61 Å². The lowest BCUT2D eigenvalue weighted by molar-refractivity contribution is -0.438.